The molecule has 0 aliphatic heterocycles. The summed E-state index contributed by atoms with van der Waals surface area (Å²) in [5.41, 5.74) is 0.237. The fourth-order valence-electron chi connectivity index (χ4n) is 1.33. The first-order valence-corrected chi connectivity index (χ1v) is 5.55. The molecule has 0 aliphatic rings. The number of rotatable bonds is 5. The van der Waals surface area contributed by atoms with Crippen LogP contribution < -0.4 is 4.74 Å². The van der Waals surface area contributed by atoms with Gasteiger partial charge in [-0.15, -0.1) is 0 Å². The zero-order valence-electron chi connectivity index (χ0n) is 11.3. The van der Waals surface area contributed by atoms with Crippen LogP contribution in [0.1, 0.15) is 27.6 Å². The summed E-state index contributed by atoms with van der Waals surface area (Å²) in [6.45, 7) is 0.898. The van der Waals surface area contributed by atoms with E-state index in [2.05, 4.69) is 14.2 Å². The van der Waals surface area contributed by atoms with E-state index < -0.39 is 17.9 Å². The number of methoxy groups -OCH3 is 2. The van der Waals surface area contributed by atoms with Crippen LogP contribution in [0.5, 0.6) is 5.75 Å². The van der Waals surface area contributed by atoms with Gasteiger partial charge in [0.15, 0.2) is 0 Å². The van der Waals surface area contributed by atoms with Crippen molar-refractivity contribution in [2.45, 2.75) is 6.92 Å². The van der Waals surface area contributed by atoms with Gasteiger partial charge in [-0.2, -0.15) is 0 Å². The van der Waals surface area contributed by atoms with Crippen molar-refractivity contribution < 1.29 is 33.3 Å². The molecule has 1 aromatic carbocycles. The molecule has 1 aromatic rings. The normalized spacial score (nSPS) is 9.55. The Morgan fingerprint density at radius 1 is 0.950 bits per heavy atom. The minimum atomic E-state index is -0.631. The van der Waals surface area contributed by atoms with Gasteiger partial charge in [0.2, 0.25) is 6.79 Å². The zero-order chi connectivity index (χ0) is 15.1. The van der Waals surface area contributed by atoms with Crippen molar-refractivity contribution in [3.05, 3.63) is 29.3 Å². The van der Waals surface area contributed by atoms with Gasteiger partial charge in [-0.3, -0.25) is 4.79 Å². The van der Waals surface area contributed by atoms with Crippen LogP contribution in [0.3, 0.4) is 0 Å². The van der Waals surface area contributed by atoms with Crippen LogP contribution in [-0.4, -0.2) is 38.9 Å². The molecule has 0 unspecified atom stereocenters. The van der Waals surface area contributed by atoms with Gasteiger partial charge in [-0.05, 0) is 18.2 Å². The molecule has 0 bridgehead atoms. The molecule has 7 nitrogen and oxygen atoms in total. The van der Waals surface area contributed by atoms with E-state index in [1.165, 1.54) is 39.3 Å². The monoisotopic (exact) mass is 282 g/mol. The van der Waals surface area contributed by atoms with Gasteiger partial charge in [0.25, 0.3) is 0 Å². The molecule has 0 N–H and O–H groups in total. The second-order valence-electron chi connectivity index (χ2n) is 3.63. The van der Waals surface area contributed by atoms with Crippen LogP contribution in [0.4, 0.5) is 0 Å². The van der Waals surface area contributed by atoms with Crippen LogP contribution >= 0.6 is 0 Å². The largest absolute Gasteiger partial charge is 0.465 e. The quantitative estimate of drug-likeness (QED) is 0.455. The first-order valence-electron chi connectivity index (χ1n) is 5.55. The lowest BCUT2D eigenvalue weighted by Gasteiger charge is -2.09. The summed E-state index contributed by atoms with van der Waals surface area (Å²) in [4.78, 5) is 33.6. The molecule has 0 saturated heterocycles. The van der Waals surface area contributed by atoms with Gasteiger partial charge in [0.05, 0.1) is 25.3 Å². The van der Waals surface area contributed by atoms with Crippen LogP contribution in [-0.2, 0) is 19.0 Å². The maximum absolute atomic E-state index is 11.5. The summed E-state index contributed by atoms with van der Waals surface area (Å²) in [5, 5.41) is 0. The van der Waals surface area contributed by atoms with Crippen molar-refractivity contribution >= 4 is 17.9 Å². The van der Waals surface area contributed by atoms with E-state index in [0.29, 0.717) is 0 Å². The minimum absolute atomic E-state index is 0.119. The smallest absolute Gasteiger partial charge is 0.338 e. The molecule has 7 heteroatoms. The maximum Gasteiger partial charge on any atom is 0.338 e. The Morgan fingerprint density at radius 3 is 1.85 bits per heavy atom. The Labute approximate surface area is 115 Å². The molecule has 1 rings (SSSR count). The molecule has 0 spiro atoms. The fraction of sp³-hybridized carbons (Fsp3) is 0.308. The molecule has 0 aromatic heterocycles. The summed E-state index contributed by atoms with van der Waals surface area (Å²) in [7, 11) is 2.43. The highest BCUT2D eigenvalue weighted by Gasteiger charge is 2.14. The number of hydrogen-bond acceptors (Lipinski definition) is 7. The van der Waals surface area contributed by atoms with E-state index in [9.17, 15) is 14.4 Å². The lowest BCUT2D eigenvalue weighted by molar-refractivity contribution is -0.147. The first kappa shape index (κ1) is 15.5. The maximum atomic E-state index is 11.5. The standard InChI is InChI=1S/C13H14O7/c1-8(14)19-7-20-11-5-9(12(15)17-2)4-10(6-11)13(16)18-3/h4-6H,7H2,1-3H3. The van der Waals surface area contributed by atoms with Gasteiger partial charge in [-0.1, -0.05) is 0 Å². The molecular formula is C13H14O7. The van der Waals surface area contributed by atoms with Gasteiger partial charge in [0.1, 0.15) is 5.75 Å². The van der Waals surface area contributed by atoms with E-state index in [1.807, 2.05) is 0 Å². The Balaban J connectivity index is 3.00. The summed E-state index contributed by atoms with van der Waals surface area (Å²) in [5.74, 6) is -1.60. The highest BCUT2D eigenvalue weighted by atomic mass is 16.7. The minimum Gasteiger partial charge on any atom is -0.465 e. The van der Waals surface area contributed by atoms with Crippen molar-refractivity contribution in [3.63, 3.8) is 0 Å². The van der Waals surface area contributed by atoms with Crippen LogP contribution in [0.15, 0.2) is 18.2 Å². The lowest BCUT2D eigenvalue weighted by Crippen LogP contribution is -2.10. The molecule has 0 aliphatic carbocycles. The SMILES string of the molecule is COC(=O)c1cc(OCOC(C)=O)cc(C(=O)OC)c1. The van der Waals surface area contributed by atoms with Crippen molar-refractivity contribution in [2.24, 2.45) is 0 Å². The van der Waals surface area contributed by atoms with Crippen molar-refractivity contribution in [1.29, 1.82) is 0 Å². The second-order valence-corrected chi connectivity index (χ2v) is 3.63. The van der Waals surface area contributed by atoms with Crippen molar-refractivity contribution in [2.75, 3.05) is 21.0 Å². The number of ether oxygens (including phenoxy) is 4. The van der Waals surface area contributed by atoms with Crippen LogP contribution in [0, 0.1) is 0 Å². The lowest BCUT2D eigenvalue weighted by atomic mass is 10.1. The topological polar surface area (TPSA) is 88.1 Å². The first-order chi connectivity index (χ1) is 9.47. The third kappa shape index (κ3) is 4.27. The Kier molecular flexibility index (Phi) is 5.52. The third-order valence-corrected chi connectivity index (χ3v) is 2.24. The highest BCUT2D eigenvalue weighted by Crippen LogP contribution is 2.19. The molecule has 0 fully saturated rings. The Morgan fingerprint density at radius 2 is 1.45 bits per heavy atom. The van der Waals surface area contributed by atoms with E-state index in [0.717, 1.165) is 0 Å². The van der Waals surface area contributed by atoms with Crippen molar-refractivity contribution in [3.8, 4) is 5.75 Å². The van der Waals surface area contributed by atoms with Crippen LogP contribution in [0.2, 0.25) is 0 Å². The second kappa shape index (κ2) is 7.13. The molecule has 0 atom stereocenters. The van der Waals surface area contributed by atoms with E-state index >= 15 is 0 Å². The molecule has 0 amide bonds. The predicted octanol–water partition coefficient (Wildman–Crippen LogP) is 1.16. The van der Waals surface area contributed by atoms with Crippen LogP contribution in [0.25, 0.3) is 0 Å². The predicted molar refractivity (Wildman–Crippen MR) is 66.4 cm³/mol. The fourth-order valence-corrected chi connectivity index (χ4v) is 1.33. The number of esters is 3. The van der Waals surface area contributed by atoms with Crippen molar-refractivity contribution in [1.82, 2.24) is 0 Å². The molecule has 108 valence electrons. The van der Waals surface area contributed by atoms with Gasteiger partial charge in [-0.25, -0.2) is 9.59 Å². The summed E-state index contributed by atoms with van der Waals surface area (Å²) < 4.78 is 18.9. The highest BCUT2D eigenvalue weighted by molar-refractivity contribution is 5.96. The summed E-state index contributed by atoms with van der Waals surface area (Å²) >= 11 is 0. The molecular weight excluding hydrogens is 268 g/mol. The Hall–Kier alpha value is -2.57. The van der Waals surface area contributed by atoms with E-state index in [-0.39, 0.29) is 23.7 Å². The summed E-state index contributed by atoms with van der Waals surface area (Å²) in [6.07, 6.45) is 0. The summed E-state index contributed by atoms with van der Waals surface area (Å²) in [6, 6.07) is 4.04. The average Bonchev–Trinajstić information content (AvgIpc) is 2.44. The molecule has 0 heterocycles. The van der Waals surface area contributed by atoms with E-state index in [1.54, 1.807) is 0 Å². The third-order valence-electron chi connectivity index (χ3n) is 2.24. The average molecular weight is 282 g/mol. The number of benzene rings is 1. The molecule has 20 heavy (non-hydrogen) atoms. The van der Waals surface area contributed by atoms with E-state index in [4.69, 9.17) is 4.74 Å². The number of hydrogen-bond donors (Lipinski definition) is 0. The Bertz CT molecular complexity index is 487. The van der Waals surface area contributed by atoms with Gasteiger partial charge >= 0.3 is 17.9 Å². The van der Waals surface area contributed by atoms with Gasteiger partial charge in [0, 0.05) is 6.92 Å². The number of carbonyl (C=O) groups is 3. The zero-order valence-corrected chi connectivity index (χ0v) is 11.3. The number of carbonyl (C=O) groups excluding carboxylic acids is 3. The molecule has 0 radical (unpaired) electrons. The van der Waals surface area contributed by atoms with Gasteiger partial charge < -0.3 is 18.9 Å². The molecule has 0 saturated carbocycles.